The minimum atomic E-state index is -4.10. The van der Waals surface area contributed by atoms with E-state index in [0.717, 1.165) is 10.5 Å². The summed E-state index contributed by atoms with van der Waals surface area (Å²) in [5.74, 6) is 0.672. The average molecular weight is 400 g/mol. The Labute approximate surface area is 161 Å². The number of rotatable bonds is 7. The molecule has 0 unspecified atom stereocenters. The summed E-state index contributed by atoms with van der Waals surface area (Å²) in [6.45, 7) is 0. The molecule has 8 heteroatoms. The standard InChI is InChI=1S/C19H16N2O4S2/c22-21(23)17-11-5-7-13-19(17)27(24,25)20-16-10-4-6-12-18(16)26-14-15-8-2-1-3-9-15/h1-13,20H,14H2. The van der Waals surface area contributed by atoms with Crippen LogP contribution in [-0.4, -0.2) is 13.3 Å². The molecule has 0 aliphatic carbocycles. The highest BCUT2D eigenvalue weighted by Crippen LogP contribution is 2.32. The van der Waals surface area contributed by atoms with Crippen LogP contribution in [0, 0.1) is 10.1 Å². The third kappa shape index (κ3) is 4.66. The summed E-state index contributed by atoms with van der Waals surface area (Å²) in [6.07, 6.45) is 0. The van der Waals surface area contributed by atoms with Gasteiger partial charge in [-0.05, 0) is 23.8 Å². The predicted molar refractivity (Wildman–Crippen MR) is 106 cm³/mol. The van der Waals surface area contributed by atoms with Gasteiger partial charge in [-0.25, -0.2) is 8.42 Å². The van der Waals surface area contributed by atoms with Crippen molar-refractivity contribution < 1.29 is 13.3 Å². The summed E-state index contributed by atoms with van der Waals surface area (Å²) in [4.78, 5) is 10.8. The SMILES string of the molecule is O=[N+]([O-])c1ccccc1S(=O)(=O)Nc1ccccc1SCc1ccccc1. The second kappa shape index (κ2) is 8.24. The Morgan fingerprint density at radius 2 is 1.52 bits per heavy atom. The number of para-hydroxylation sites is 2. The van der Waals surface area contributed by atoms with E-state index in [4.69, 9.17) is 0 Å². The largest absolute Gasteiger partial charge is 0.289 e. The van der Waals surface area contributed by atoms with Crippen LogP contribution >= 0.6 is 11.8 Å². The quantitative estimate of drug-likeness (QED) is 0.353. The van der Waals surface area contributed by atoms with E-state index in [0.29, 0.717) is 11.4 Å². The number of nitrogens with zero attached hydrogens (tertiary/aromatic N) is 1. The number of benzene rings is 3. The maximum atomic E-state index is 12.7. The van der Waals surface area contributed by atoms with E-state index in [9.17, 15) is 18.5 Å². The highest BCUT2D eigenvalue weighted by atomic mass is 32.2. The molecule has 0 saturated carbocycles. The average Bonchev–Trinajstić information content (AvgIpc) is 2.68. The monoisotopic (exact) mass is 400 g/mol. The lowest BCUT2D eigenvalue weighted by atomic mass is 10.2. The van der Waals surface area contributed by atoms with Gasteiger partial charge in [0, 0.05) is 16.7 Å². The maximum Gasteiger partial charge on any atom is 0.289 e. The first-order chi connectivity index (χ1) is 13.0. The molecule has 3 aromatic rings. The van der Waals surface area contributed by atoms with Gasteiger partial charge in [0.05, 0.1) is 10.6 Å². The number of nitrogens with one attached hydrogen (secondary N) is 1. The molecule has 0 aromatic heterocycles. The second-order valence-corrected chi connectivity index (χ2v) is 8.27. The van der Waals surface area contributed by atoms with Gasteiger partial charge in [0.1, 0.15) is 0 Å². The minimum Gasteiger partial charge on any atom is -0.278 e. The number of hydrogen-bond acceptors (Lipinski definition) is 5. The first-order valence-corrected chi connectivity index (χ1v) is 10.5. The van der Waals surface area contributed by atoms with E-state index in [2.05, 4.69) is 4.72 Å². The molecule has 0 saturated heterocycles. The van der Waals surface area contributed by atoms with E-state index in [-0.39, 0.29) is 4.90 Å². The van der Waals surface area contributed by atoms with Crippen LogP contribution in [0.5, 0.6) is 0 Å². The van der Waals surface area contributed by atoms with Gasteiger partial charge in [0.25, 0.3) is 15.7 Å². The lowest BCUT2D eigenvalue weighted by Crippen LogP contribution is -2.15. The van der Waals surface area contributed by atoms with Crippen LogP contribution in [0.25, 0.3) is 0 Å². The number of hydrogen-bond donors (Lipinski definition) is 1. The number of sulfonamides is 1. The second-order valence-electron chi connectivity index (χ2n) is 5.60. The number of nitro groups is 1. The topological polar surface area (TPSA) is 89.3 Å². The number of thioether (sulfide) groups is 1. The smallest absolute Gasteiger partial charge is 0.278 e. The Kier molecular flexibility index (Phi) is 5.78. The lowest BCUT2D eigenvalue weighted by Gasteiger charge is -2.12. The Morgan fingerprint density at radius 3 is 2.26 bits per heavy atom. The van der Waals surface area contributed by atoms with Gasteiger partial charge < -0.3 is 0 Å². The van der Waals surface area contributed by atoms with Crippen molar-refractivity contribution >= 4 is 33.2 Å². The normalized spacial score (nSPS) is 11.1. The van der Waals surface area contributed by atoms with Crippen LogP contribution < -0.4 is 4.72 Å². The molecule has 0 aliphatic rings. The molecule has 27 heavy (non-hydrogen) atoms. The van der Waals surface area contributed by atoms with Crippen molar-refractivity contribution in [3.8, 4) is 0 Å². The van der Waals surface area contributed by atoms with Gasteiger partial charge in [-0.3, -0.25) is 14.8 Å². The van der Waals surface area contributed by atoms with Crippen molar-refractivity contribution in [2.75, 3.05) is 4.72 Å². The summed E-state index contributed by atoms with van der Waals surface area (Å²) in [7, 11) is -4.10. The molecule has 0 bridgehead atoms. The summed E-state index contributed by atoms with van der Waals surface area (Å²) in [6, 6.07) is 22.1. The highest BCUT2D eigenvalue weighted by Gasteiger charge is 2.25. The third-order valence-electron chi connectivity index (χ3n) is 3.72. The van der Waals surface area contributed by atoms with Crippen LogP contribution in [-0.2, 0) is 15.8 Å². The Hall–Kier alpha value is -2.84. The van der Waals surface area contributed by atoms with E-state index < -0.39 is 20.6 Å². The minimum absolute atomic E-state index is 0.363. The molecular formula is C19H16N2O4S2. The fourth-order valence-corrected chi connectivity index (χ4v) is 4.73. The Morgan fingerprint density at radius 1 is 0.889 bits per heavy atom. The zero-order valence-corrected chi connectivity index (χ0v) is 15.7. The zero-order chi connectivity index (χ0) is 19.3. The van der Waals surface area contributed by atoms with Crippen LogP contribution in [0.4, 0.5) is 11.4 Å². The summed E-state index contributed by atoms with van der Waals surface area (Å²) >= 11 is 1.49. The van der Waals surface area contributed by atoms with Crippen LogP contribution in [0.2, 0.25) is 0 Å². The number of anilines is 1. The van der Waals surface area contributed by atoms with Crippen molar-refractivity contribution in [1.29, 1.82) is 0 Å². The van der Waals surface area contributed by atoms with Gasteiger partial charge in [-0.1, -0.05) is 54.6 Å². The molecule has 3 aromatic carbocycles. The molecule has 0 aliphatic heterocycles. The van der Waals surface area contributed by atoms with Crippen LogP contribution in [0.15, 0.2) is 88.7 Å². The fraction of sp³-hybridized carbons (Fsp3) is 0.0526. The molecular weight excluding hydrogens is 384 g/mol. The van der Waals surface area contributed by atoms with Crippen molar-refractivity contribution in [2.24, 2.45) is 0 Å². The third-order valence-corrected chi connectivity index (χ3v) is 6.28. The van der Waals surface area contributed by atoms with Crippen molar-refractivity contribution in [2.45, 2.75) is 15.5 Å². The van der Waals surface area contributed by atoms with Crippen molar-refractivity contribution in [3.05, 3.63) is 94.5 Å². The Balaban J connectivity index is 1.86. The summed E-state index contributed by atoms with van der Waals surface area (Å²) < 4.78 is 27.9. The molecule has 0 atom stereocenters. The molecule has 0 fully saturated rings. The molecule has 0 heterocycles. The molecule has 1 N–H and O–H groups in total. The summed E-state index contributed by atoms with van der Waals surface area (Å²) in [5, 5.41) is 11.2. The molecule has 138 valence electrons. The number of nitro benzene ring substituents is 1. The Bertz CT molecular complexity index is 1050. The maximum absolute atomic E-state index is 12.7. The van der Waals surface area contributed by atoms with Gasteiger partial charge in [-0.15, -0.1) is 11.8 Å². The van der Waals surface area contributed by atoms with Crippen LogP contribution in [0.1, 0.15) is 5.56 Å². The molecule has 6 nitrogen and oxygen atoms in total. The van der Waals surface area contributed by atoms with E-state index in [1.807, 2.05) is 42.5 Å². The van der Waals surface area contributed by atoms with Crippen molar-refractivity contribution in [3.63, 3.8) is 0 Å². The zero-order valence-electron chi connectivity index (χ0n) is 14.1. The molecule has 0 amide bonds. The van der Waals surface area contributed by atoms with E-state index in [1.54, 1.807) is 12.1 Å². The van der Waals surface area contributed by atoms with Gasteiger partial charge in [-0.2, -0.15) is 0 Å². The van der Waals surface area contributed by atoms with Crippen LogP contribution in [0.3, 0.4) is 0 Å². The first kappa shape index (κ1) is 18.9. The molecule has 0 radical (unpaired) electrons. The predicted octanol–water partition coefficient (Wildman–Crippen LogP) is 4.69. The highest BCUT2D eigenvalue weighted by molar-refractivity contribution is 7.98. The fourth-order valence-electron chi connectivity index (χ4n) is 2.45. The molecule has 3 rings (SSSR count). The summed E-state index contributed by atoms with van der Waals surface area (Å²) in [5.41, 5.74) is 1.04. The van der Waals surface area contributed by atoms with E-state index >= 15 is 0 Å². The first-order valence-electron chi connectivity index (χ1n) is 7.99. The molecule has 0 spiro atoms. The van der Waals surface area contributed by atoms with Gasteiger partial charge in [0.2, 0.25) is 0 Å². The van der Waals surface area contributed by atoms with E-state index in [1.165, 1.54) is 36.0 Å². The van der Waals surface area contributed by atoms with Gasteiger partial charge >= 0.3 is 0 Å². The van der Waals surface area contributed by atoms with Crippen molar-refractivity contribution in [1.82, 2.24) is 0 Å². The lowest BCUT2D eigenvalue weighted by molar-refractivity contribution is -0.387. The van der Waals surface area contributed by atoms with Gasteiger partial charge in [0.15, 0.2) is 4.90 Å².